The largest absolute Gasteiger partial charge is 0.282 e. The Morgan fingerprint density at radius 1 is 1.04 bits per heavy atom. The number of nitrogens with zero attached hydrogens (tertiary/aromatic N) is 2. The molecule has 23 heavy (non-hydrogen) atoms. The predicted octanol–water partition coefficient (Wildman–Crippen LogP) is 2.58. The van der Waals surface area contributed by atoms with Crippen molar-refractivity contribution in [3.63, 3.8) is 0 Å². The van der Waals surface area contributed by atoms with Crippen LogP contribution in [-0.2, 0) is 16.6 Å². The first-order valence-corrected chi connectivity index (χ1v) is 8.84. The van der Waals surface area contributed by atoms with Crippen LogP contribution in [0, 0.1) is 5.82 Å². The zero-order valence-electron chi connectivity index (χ0n) is 13.1. The maximum atomic E-state index is 14.4. The second-order valence-corrected chi connectivity index (χ2v) is 7.87. The molecule has 0 spiro atoms. The van der Waals surface area contributed by atoms with E-state index in [2.05, 4.69) is 0 Å². The van der Waals surface area contributed by atoms with Crippen LogP contribution in [0.2, 0.25) is 0 Å². The van der Waals surface area contributed by atoms with Gasteiger partial charge in [0.1, 0.15) is 5.82 Å². The summed E-state index contributed by atoms with van der Waals surface area (Å²) in [5.74, 6) is -0.395. The van der Waals surface area contributed by atoms with E-state index in [1.807, 2.05) is 24.3 Å². The van der Waals surface area contributed by atoms with Crippen molar-refractivity contribution in [1.82, 2.24) is 8.61 Å². The maximum Gasteiger partial charge on any atom is 0.282 e. The third-order valence-electron chi connectivity index (χ3n) is 4.20. The van der Waals surface area contributed by atoms with Gasteiger partial charge >= 0.3 is 0 Å². The van der Waals surface area contributed by atoms with E-state index in [0.717, 1.165) is 11.1 Å². The van der Waals surface area contributed by atoms with E-state index in [1.54, 1.807) is 18.2 Å². The molecule has 3 rings (SSSR count). The second kappa shape index (κ2) is 6.03. The third kappa shape index (κ3) is 2.78. The number of hydrogen-bond donors (Lipinski definition) is 0. The molecule has 6 heteroatoms. The summed E-state index contributed by atoms with van der Waals surface area (Å²) < 4.78 is 42.4. The fourth-order valence-corrected chi connectivity index (χ4v) is 4.26. The Balaban J connectivity index is 2.21. The van der Waals surface area contributed by atoms with Crippen LogP contribution in [0.25, 0.3) is 0 Å². The molecule has 2 aromatic rings. The zero-order chi connectivity index (χ0) is 16.6. The molecule has 0 N–H and O–H groups in total. The van der Waals surface area contributed by atoms with E-state index in [4.69, 9.17) is 0 Å². The molecule has 1 heterocycles. The van der Waals surface area contributed by atoms with Gasteiger partial charge in [-0.25, -0.2) is 4.39 Å². The molecule has 1 unspecified atom stereocenters. The summed E-state index contributed by atoms with van der Waals surface area (Å²) in [5.41, 5.74) is 2.28. The van der Waals surface area contributed by atoms with Crippen molar-refractivity contribution in [2.45, 2.75) is 12.5 Å². The van der Waals surface area contributed by atoms with Gasteiger partial charge in [-0.1, -0.05) is 42.5 Å². The molecule has 0 bridgehead atoms. The smallest absolute Gasteiger partial charge is 0.207 e. The standard InChI is InChI=1S/C17H19FN2O2S/c1-19(2)23(21,22)20-12-11-13-7-3-4-8-14(13)17(20)15-9-5-6-10-16(15)18/h3-10,17H,11-12H2,1-2H3. The first-order valence-electron chi connectivity index (χ1n) is 7.44. The van der Waals surface area contributed by atoms with Gasteiger partial charge in [0, 0.05) is 26.2 Å². The highest BCUT2D eigenvalue weighted by atomic mass is 32.2. The number of benzene rings is 2. The SMILES string of the molecule is CN(C)S(=O)(=O)N1CCc2ccccc2C1c1ccccc1F. The summed E-state index contributed by atoms with van der Waals surface area (Å²) in [7, 11) is -0.668. The Labute approximate surface area is 136 Å². The Bertz CT molecular complexity index is 821. The number of rotatable bonds is 3. The van der Waals surface area contributed by atoms with Crippen molar-refractivity contribution < 1.29 is 12.8 Å². The molecule has 0 aliphatic carbocycles. The Morgan fingerprint density at radius 2 is 1.65 bits per heavy atom. The van der Waals surface area contributed by atoms with Crippen LogP contribution in [0.4, 0.5) is 4.39 Å². The minimum absolute atomic E-state index is 0.330. The van der Waals surface area contributed by atoms with Crippen molar-refractivity contribution in [2.24, 2.45) is 0 Å². The van der Waals surface area contributed by atoms with E-state index in [9.17, 15) is 12.8 Å². The van der Waals surface area contributed by atoms with Crippen LogP contribution < -0.4 is 0 Å². The summed E-state index contributed by atoms with van der Waals surface area (Å²) in [6.07, 6.45) is 0.619. The molecular formula is C17H19FN2O2S. The van der Waals surface area contributed by atoms with E-state index < -0.39 is 22.1 Å². The fourth-order valence-electron chi connectivity index (χ4n) is 3.02. The number of hydrogen-bond acceptors (Lipinski definition) is 2. The molecule has 2 aromatic carbocycles. The molecule has 1 atom stereocenters. The molecule has 0 amide bonds. The van der Waals surface area contributed by atoms with Gasteiger partial charge in [0.25, 0.3) is 10.2 Å². The lowest BCUT2D eigenvalue weighted by atomic mass is 9.90. The molecule has 0 saturated heterocycles. The second-order valence-electron chi connectivity index (χ2n) is 5.77. The highest BCUT2D eigenvalue weighted by molar-refractivity contribution is 7.86. The fraction of sp³-hybridized carbons (Fsp3) is 0.294. The molecule has 0 fully saturated rings. The van der Waals surface area contributed by atoms with Crippen molar-refractivity contribution in [2.75, 3.05) is 20.6 Å². The highest BCUT2D eigenvalue weighted by Crippen LogP contribution is 2.38. The Hall–Kier alpha value is -1.76. The molecule has 122 valence electrons. The first kappa shape index (κ1) is 16.1. The van der Waals surface area contributed by atoms with Crippen LogP contribution in [0.15, 0.2) is 48.5 Å². The third-order valence-corrected chi connectivity index (χ3v) is 6.11. The Kier molecular flexibility index (Phi) is 4.23. The molecule has 0 aromatic heterocycles. The molecule has 1 aliphatic heterocycles. The lowest BCUT2D eigenvalue weighted by molar-refractivity contribution is 0.314. The first-order chi connectivity index (χ1) is 10.9. The van der Waals surface area contributed by atoms with Crippen LogP contribution in [0.3, 0.4) is 0 Å². The Morgan fingerprint density at radius 3 is 2.30 bits per heavy atom. The quantitative estimate of drug-likeness (QED) is 0.866. The van der Waals surface area contributed by atoms with Gasteiger partial charge in [0.05, 0.1) is 6.04 Å². The summed E-state index contributed by atoms with van der Waals surface area (Å²) >= 11 is 0. The van der Waals surface area contributed by atoms with Gasteiger partial charge in [-0.2, -0.15) is 17.0 Å². The lowest BCUT2D eigenvalue weighted by Crippen LogP contribution is -2.46. The molecule has 4 nitrogen and oxygen atoms in total. The average Bonchev–Trinajstić information content (AvgIpc) is 2.54. The van der Waals surface area contributed by atoms with Crippen molar-refractivity contribution in [1.29, 1.82) is 0 Å². The van der Waals surface area contributed by atoms with Crippen molar-refractivity contribution in [3.05, 3.63) is 71.0 Å². The minimum Gasteiger partial charge on any atom is -0.207 e. The van der Waals surface area contributed by atoms with Gasteiger partial charge in [-0.3, -0.25) is 0 Å². The summed E-state index contributed by atoms with van der Waals surface area (Å²) in [5, 5.41) is 0. The van der Waals surface area contributed by atoms with Crippen LogP contribution in [0.5, 0.6) is 0 Å². The molecule has 1 aliphatic rings. The van der Waals surface area contributed by atoms with Gasteiger partial charge in [-0.05, 0) is 23.6 Å². The van der Waals surface area contributed by atoms with Crippen LogP contribution in [0.1, 0.15) is 22.7 Å². The van der Waals surface area contributed by atoms with E-state index >= 15 is 0 Å². The van der Waals surface area contributed by atoms with Gasteiger partial charge in [-0.15, -0.1) is 0 Å². The number of fused-ring (bicyclic) bond motifs is 1. The molecule has 0 radical (unpaired) electrons. The molecule has 0 saturated carbocycles. The van der Waals surface area contributed by atoms with Crippen molar-refractivity contribution in [3.8, 4) is 0 Å². The normalized spacial score (nSPS) is 18.9. The van der Waals surface area contributed by atoms with E-state index in [1.165, 1.54) is 28.8 Å². The topological polar surface area (TPSA) is 40.6 Å². The lowest BCUT2D eigenvalue weighted by Gasteiger charge is -2.38. The highest BCUT2D eigenvalue weighted by Gasteiger charge is 2.38. The predicted molar refractivity (Wildman–Crippen MR) is 87.7 cm³/mol. The van der Waals surface area contributed by atoms with Gasteiger partial charge in [0.15, 0.2) is 0 Å². The monoisotopic (exact) mass is 334 g/mol. The average molecular weight is 334 g/mol. The summed E-state index contributed by atoms with van der Waals surface area (Å²) in [4.78, 5) is 0. The maximum absolute atomic E-state index is 14.4. The molecular weight excluding hydrogens is 315 g/mol. The summed E-state index contributed by atoms with van der Waals surface area (Å²) in [6, 6.07) is 13.4. The van der Waals surface area contributed by atoms with Crippen LogP contribution in [-0.4, -0.2) is 37.7 Å². The van der Waals surface area contributed by atoms with Gasteiger partial charge < -0.3 is 0 Å². The number of halogens is 1. The van der Waals surface area contributed by atoms with E-state index in [0.29, 0.717) is 18.5 Å². The zero-order valence-corrected chi connectivity index (χ0v) is 13.9. The van der Waals surface area contributed by atoms with Gasteiger partial charge in [0.2, 0.25) is 0 Å². The van der Waals surface area contributed by atoms with Crippen molar-refractivity contribution >= 4 is 10.2 Å². The van der Waals surface area contributed by atoms with Crippen LogP contribution >= 0.6 is 0 Å². The van der Waals surface area contributed by atoms with E-state index in [-0.39, 0.29) is 0 Å². The summed E-state index contributed by atoms with van der Waals surface area (Å²) in [6.45, 7) is 0.330. The minimum atomic E-state index is -3.66.